The Balaban J connectivity index is 2.08. The predicted molar refractivity (Wildman–Crippen MR) is 66.8 cm³/mol. The largest absolute Gasteiger partial charge is 0.433 e. The van der Waals surface area contributed by atoms with Gasteiger partial charge in [0.1, 0.15) is 5.69 Å². The molecular weight excluding hydrogens is 263 g/mol. The molecule has 0 saturated carbocycles. The SMILES string of the molecule is CC1(C)CSC(Nc2ccc(C(F)(F)F)nc2)=N1. The van der Waals surface area contributed by atoms with Gasteiger partial charge in [0.05, 0.1) is 17.4 Å². The van der Waals surface area contributed by atoms with E-state index in [-0.39, 0.29) is 5.54 Å². The maximum atomic E-state index is 12.3. The van der Waals surface area contributed by atoms with Crippen molar-refractivity contribution in [2.75, 3.05) is 11.1 Å². The number of alkyl halides is 3. The van der Waals surface area contributed by atoms with Crippen LogP contribution in [0.2, 0.25) is 0 Å². The zero-order valence-electron chi connectivity index (χ0n) is 9.88. The van der Waals surface area contributed by atoms with E-state index in [1.54, 1.807) is 11.8 Å². The van der Waals surface area contributed by atoms with E-state index >= 15 is 0 Å². The van der Waals surface area contributed by atoms with Gasteiger partial charge in [0, 0.05) is 5.75 Å². The lowest BCUT2D eigenvalue weighted by atomic mass is 10.1. The molecule has 0 atom stereocenters. The average molecular weight is 275 g/mol. The van der Waals surface area contributed by atoms with Crippen LogP contribution in [0, 0.1) is 0 Å². The number of nitrogens with zero attached hydrogens (tertiary/aromatic N) is 2. The molecule has 18 heavy (non-hydrogen) atoms. The van der Waals surface area contributed by atoms with Gasteiger partial charge in [-0.1, -0.05) is 11.8 Å². The second-order valence-electron chi connectivity index (χ2n) is 4.57. The molecule has 0 radical (unpaired) electrons. The third-order valence-corrected chi connectivity index (χ3v) is 3.59. The highest BCUT2D eigenvalue weighted by atomic mass is 32.2. The van der Waals surface area contributed by atoms with Crippen LogP contribution in [0.15, 0.2) is 23.3 Å². The Bertz CT molecular complexity index is 465. The van der Waals surface area contributed by atoms with Crippen molar-refractivity contribution < 1.29 is 13.2 Å². The molecule has 1 aliphatic rings. The molecule has 98 valence electrons. The fourth-order valence-electron chi connectivity index (χ4n) is 1.41. The summed E-state index contributed by atoms with van der Waals surface area (Å²) in [4.78, 5) is 7.78. The minimum Gasteiger partial charge on any atom is -0.334 e. The highest BCUT2D eigenvalue weighted by Crippen LogP contribution is 2.29. The molecule has 0 bridgehead atoms. The quantitative estimate of drug-likeness (QED) is 0.853. The molecule has 0 aliphatic carbocycles. The summed E-state index contributed by atoms with van der Waals surface area (Å²) in [7, 11) is 0. The van der Waals surface area contributed by atoms with Crippen LogP contribution < -0.4 is 5.32 Å². The molecule has 0 fully saturated rings. The molecule has 2 heterocycles. The Hall–Kier alpha value is -1.24. The molecule has 0 spiro atoms. The standard InChI is InChI=1S/C11H12F3N3S/c1-10(2)6-18-9(17-10)16-7-3-4-8(15-5-7)11(12,13)14/h3-5H,6H2,1-2H3,(H,16,17). The minimum absolute atomic E-state index is 0.133. The van der Waals surface area contributed by atoms with Crippen LogP contribution in [-0.4, -0.2) is 21.4 Å². The first kappa shape index (κ1) is 13.2. The summed E-state index contributed by atoms with van der Waals surface area (Å²) in [5.41, 5.74) is -0.520. The van der Waals surface area contributed by atoms with Crippen molar-refractivity contribution in [2.45, 2.75) is 25.6 Å². The number of aliphatic imine (C=N–C) groups is 1. The topological polar surface area (TPSA) is 37.3 Å². The second kappa shape index (κ2) is 4.46. The molecule has 0 saturated heterocycles. The Morgan fingerprint density at radius 2 is 2.06 bits per heavy atom. The number of amidine groups is 1. The molecule has 0 amide bonds. The van der Waals surface area contributed by atoms with E-state index in [1.807, 2.05) is 13.8 Å². The van der Waals surface area contributed by atoms with Crippen LogP contribution in [0.4, 0.5) is 18.9 Å². The molecule has 1 aromatic rings. The first-order chi connectivity index (χ1) is 8.26. The summed E-state index contributed by atoms with van der Waals surface area (Å²) in [6.07, 6.45) is -3.24. The van der Waals surface area contributed by atoms with Crippen molar-refractivity contribution >= 4 is 22.6 Å². The molecule has 0 aromatic carbocycles. The number of pyridine rings is 1. The van der Waals surface area contributed by atoms with Gasteiger partial charge in [0.25, 0.3) is 0 Å². The predicted octanol–water partition coefficient (Wildman–Crippen LogP) is 3.39. The summed E-state index contributed by atoms with van der Waals surface area (Å²) in [6.45, 7) is 4.00. The summed E-state index contributed by atoms with van der Waals surface area (Å²) in [5.74, 6) is 0.851. The van der Waals surface area contributed by atoms with E-state index in [0.29, 0.717) is 10.9 Å². The van der Waals surface area contributed by atoms with Crippen molar-refractivity contribution in [3.63, 3.8) is 0 Å². The van der Waals surface area contributed by atoms with Crippen LogP contribution in [0.5, 0.6) is 0 Å². The van der Waals surface area contributed by atoms with Gasteiger partial charge in [0.15, 0.2) is 5.17 Å². The van der Waals surface area contributed by atoms with Gasteiger partial charge in [0.2, 0.25) is 0 Å². The van der Waals surface area contributed by atoms with Crippen molar-refractivity contribution in [3.05, 3.63) is 24.0 Å². The first-order valence-corrected chi connectivity index (χ1v) is 6.28. The van der Waals surface area contributed by atoms with Crippen molar-refractivity contribution in [2.24, 2.45) is 4.99 Å². The van der Waals surface area contributed by atoms with Crippen LogP contribution in [-0.2, 0) is 6.18 Å². The fraction of sp³-hybridized carbons (Fsp3) is 0.455. The summed E-state index contributed by atoms with van der Waals surface area (Å²) >= 11 is 1.54. The Morgan fingerprint density at radius 3 is 2.50 bits per heavy atom. The van der Waals surface area contributed by atoms with E-state index in [4.69, 9.17) is 0 Å². The number of halogens is 3. The maximum absolute atomic E-state index is 12.3. The van der Waals surface area contributed by atoms with Crippen LogP contribution >= 0.6 is 11.8 Å². The van der Waals surface area contributed by atoms with E-state index in [1.165, 1.54) is 6.07 Å². The molecule has 1 N–H and O–H groups in total. The van der Waals surface area contributed by atoms with E-state index in [0.717, 1.165) is 18.0 Å². The van der Waals surface area contributed by atoms with E-state index in [2.05, 4.69) is 15.3 Å². The molecule has 7 heteroatoms. The fourth-order valence-corrected chi connectivity index (χ4v) is 2.46. The smallest absolute Gasteiger partial charge is 0.334 e. The Labute approximate surface area is 107 Å². The van der Waals surface area contributed by atoms with Gasteiger partial charge in [-0.15, -0.1) is 0 Å². The number of anilines is 1. The van der Waals surface area contributed by atoms with Gasteiger partial charge in [-0.2, -0.15) is 13.2 Å². The highest BCUT2D eigenvalue weighted by Gasteiger charge is 2.32. The number of hydrogen-bond acceptors (Lipinski definition) is 4. The highest BCUT2D eigenvalue weighted by molar-refractivity contribution is 8.14. The molecular formula is C11H12F3N3S. The molecule has 0 unspecified atom stereocenters. The summed E-state index contributed by atoms with van der Waals surface area (Å²) < 4.78 is 36.9. The Kier molecular flexibility index (Phi) is 3.27. The van der Waals surface area contributed by atoms with Gasteiger partial charge in [-0.25, -0.2) is 4.98 Å². The first-order valence-electron chi connectivity index (χ1n) is 5.29. The third kappa shape index (κ3) is 3.16. The van der Waals surface area contributed by atoms with E-state index < -0.39 is 11.9 Å². The number of rotatable bonds is 1. The lowest BCUT2D eigenvalue weighted by Gasteiger charge is -2.09. The van der Waals surface area contributed by atoms with Crippen LogP contribution in [0.1, 0.15) is 19.5 Å². The molecule has 1 aliphatic heterocycles. The second-order valence-corrected chi connectivity index (χ2v) is 5.54. The third-order valence-electron chi connectivity index (χ3n) is 2.27. The van der Waals surface area contributed by atoms with Gasteiger partial charge >= 0.3 is 6.18 Å². The lowest BCUT2D eigenvalue weighted by Crippen LogP contribution is -2.15. The van der Waals surface area contributed by atoms with Gasteiger partial charge in [-0.3, -0.25) is 4.99 Å². The number of hydrogen-bond donors (Lipinski definition) is 1. The zero-order chi connectivity index (χ0) is 13.4. The number of thioether (sulfide) groups is 1. The molecule has 2 rings (SSSR count). The normalized spacial score (nSPS) is 18.6. The van der Waals surface area contributed by atoms with Crippen LogP contribution in [0.3, 0.4) is 0 Å². The summed E-state index contributed by atoms with van der Waals surface area (Å²) in [5, 5.41) is 3.67. The number of aromatic nitrogens is 1. The minimum atomic E-state index is -4.40. The Morgan fingerprint density at radius 1 is 1.33 bits per heavy atom. The summed E-state index contributed by atoms with van der Waals surface area (Å²) in [6, 6.07) is 2.30. The lowest BCUT2D eigenvalue weighted by molar-refractivity contribution is -0.141. The van der Waals surface area contributed by atoms with Crippen molar-refractivity contribution in [1.29, 1.82) is 0 Å². The molecule has 1 aromatic heterocycles. The average Bonchev–Trinajstić information content (AvgIpc) is 2.57. The van der Waals surface area contributed by atoms with Gasteiger partial charge in [-0.05, 0) is 26.0 Å². The van der Waals surface area contributed by atoms with Crippen LogP contribution in [0.25, 0.3) is 0 Å². The van der Waals surface area contributed by atoms with E-state index in [9.17, 15) is 13.2 Å². The monoisotopic (exact) mass is 275 g/mol. The maximum Gasteiger partial charge on any atom is 0.433 e. The molecule has 3 nitrogen and oxygen atoms in total. The number of nitrogens with one attached hydrogen (secondary N) is 1. The van der Waals surface area contributed by atoms with Gasteiger partial charge < -0.3 is 5.32 Å². The van der Waals surface area contributed by atoms with Crippen molar-refractivity contribution in [1.82, 2.24) is 4.98 Å². The van der Waals surface area contributed by atoms with Crippen molar-refractivity contribution in [3.8, 4) is 0 Å². The zero-order valence-corrected chi connectivity index (χ0v) is 10.7.